The highest BCUT2D eigenvalue weighted by Crippen LogP contribution is 2.27. The van der Waals surface area contributed by atoms with Crippen molar-refractivity contribution >= 4 is 21.6 Å². The van der Waals surface area contributed by atoms with E-state index < -0.39 is 0 Å². The van der Waals surface area contributed by atoms with Gasteiger partial charge in [0.1, 0.15) is 5.82 Å². The first-order valence-electron chi connectivity index (χ1n) is 6.13. The summed E-state index contributed by atoms with van der Waals surface area (Å²) in [4.78, 5) is 2.43. The first-order chi connectivity index (χ1) is 8.20. The second-order valence-corrected chi connectivity index (χ2v) is 5.30. The van der Waals surface area contributed by atoms with Crippen molar-refractivity contribution in [2.45, 2.75) is 25.8 Å². The molecular weight excluding hydrogens is 283 g/mol. The molecule has 1 N–H and O–H groups in total. The van der Waals surface area contributed by atoms with Crippen molar-refractivity contribution in [1.82, 2.24) is 4.90 Å². The van der Waals surface area contributed by atoms with Gasteiger partial charge in [0, 0.05) is 23.6 Å². The Morgan fingerprint density at radius 3 is 2.71 bits per heavy atom. The van der Waals surface area contributed by atoms with Crippen molar-refractivity contribution in [1.29, 1.82) is 0 Å². The summed E-state index contributed by atoms with van der Waals surface area (Å²) in [7, 11) is 0. The molecular formula is C13H18BrFN2. The highest BCUT2D eigenvalue weighted by Gasteiger charge is 2.19. The first kappa shape index (κ1) is 12.8. The van der Waals surface area contributed by atoms with Gasteiger partial charge in [-0.3, -0.25) is 0 Å². The molecule has 17 heavy (non-hydrogen) atoms. The Morgan fingerprint density at radius 1 is 1.41 bits per heavy atom. The molecule has 4 heteroatoms. The second-order valence-electron chi connectivity index (χ2n) is 4.45. The lowest BCUT2D eigenvalue weighted by molar-refractivity contribution is 0.229. The molecule has 0 aromatic heterocycles. The van der Waals surface area contributed by atoms with Gasteiger partial charge in [0.25, 0.3) is 0 Å². The Morgan fingerprint density at radius 2 is 2.12 bits per heavy atom. The summed E-state index contributed by atoms with van der Waals surface area (Å²) < 4.78 is 14.4. The summed E-state index contributed by atoms with van der Waals surface area (Å²) in [5.41, 5.74) is 0.599. The Kier molecular flexibility index (Phi) is 4.40. The van der Waals surface area contributed by atoms with Gasteiger partial charge in [-0.15, -0.1) is 0 Å². The van der Waals surface area contributed by atoms with Crippen molar-refractivity contribution in [2.24, 2.45) is 0 Å². The number of hydrogen-bond donors (Lipinski definition) is 1. The average Bonchev–Trinajstić information content (AvgIpc) is 2.35. The number of piperidine rings is 1. The van der Waals surface area contributed by atoms with Crippen molar-refractivity contribution in [3.8, 4) is 0 Å². The van der Waals surface area contributed by atoms with Crippen LogP contribution in [0.3, 0.4) is 0 Å². The summed E-state index contributed by atoms with van der Waals surface area (Å²) in [5.74, 6) is -0.183. The topological polar surface area (TPSA) is 15.3 Å². The lowest BCUT2D eigenvalue weighted by atomic mass is 10.0. The lowest BCUT2D eigenvalue weighted by Crippen LogP contribution is -2.39. The van der Waals surface area contributed by atoms with E-state index in [2.05, 4.69) is 33.1 Å². The third kappa shape index (κ3) is 3.19. The molecule has 0 radical (unpaired) electrons. The van der Waals surface area contributed by atoms with E-state index in [0.29, 0.717) is 11.7 Å². The van der Waals surface area contributed by atoms with Crippen LogP contribution in [-0.2, 0) is 0 Å². The van der Waals surface area contributed by atoms with Gasteiger partial charge in [-0.1, -0.05) is 13.0 Å². The van der Waals surface area contributed by atoms with Crippen LogP contribution >= 0.6 is 15.9 Å². The monoisotopic (exact) mass is 300 g/mol. The maximum atomic E-state index is 13.6. The van der Waals surface area contributed by atoms with Crippen LogP contribution in [0.5, 0.6) is 0 Å². The maximum Gasteiger partial charge on any atom is 0.147 e. The van der Waals surface area contributed by atoms with Crippen molar-refractivity contribution < 1.29 is 4.39 Å². The minimum absolute atomic E-state index is 0.183. The molecule has 0 aliphatic carbocycles. The van der Waals surface area contributed by atoms with E-state index >= 15 is 0 Å². The third-order valence-corrected chi connectivity index (χ3v) is 4.01. The molecule has 1 aliphatic rings. The quantitative estimate of drug-likeness (QED) is 0.919. The molecule has 1 aromatic rings. The van der Waals surface area contributed by atoms with Crippen LogP contribution in [0.4, 0.5) is 10.1 Å². The van der Waals surface area contributed by atoms with Crippen molar-refractivity contribution in [2.75, 3.05) is 25.0 Å². The Bertz CT molecular complexity index is 355. The van der Waals surface area contributed by atoms with Crippen LogP contribution in [0.15, 0.2) is 22.7 Å². The van der Waals surface area contributed by atoms with Gasteiger partial charge in [-0.05, 0) is 47.4 Å². The zero-order valence-corrected chi connectivity index (χ0v) is 11.6. The Balaban J connectivity index is 1.98. The molecule has 0 unspecified atom stereocenters. The van der Waals surface area contributed by atoms with Gasteiger partial charge in [-0.2, -0.15) is 0 Å². The van der Waals surface area contributed by atoms with E-state index in [0.717, 1.165) is 36.9 Å². The number of likely N-dealkylation sites (tertiary alicyclic amines) is 1. The fourth-order valence-electron chi connectivity index (χ4n) is 2.23. The normalized spacial score (nSPS) is 18.3. The van der Waals surface area contributed by atoms with E-state index in [1.54, 1.807) is 6.07 Å². The standard InChI is InChI=1S/C13H18BrFN2/c1-2-17-8-6-10(7-9-17)16-13-11(14)4-3-5-12(13)15/h3-5,10,16H,2,6-9H2,1H3. The SMILES string of the molecule is CCN1CCC(Nc2c(F)cccc2Br)CC1. The number of rotatable bonds is 3. The molecule has 94 valence electrons. The van der Waals surface area contributed by atoms with Gasteiger partial charge < -0.3 is 10.2 Å². The van der Waals surface area contributed by atoms with Crippen LogP contribution in [0, 0.1) is 5.82 Å². The largest absolute Gasteiger partial charge is 0.379 e. The van der Waals surface area contributed by atoms with Crippen LogP contribution in [0.25, 0.3) is 0 Å². The van der Waals surface area contributed by atoms with Crippen molar-refractivity contribution in [3.05, 3.63) is 28.5 Å². The Hall–Kier alpha value is -0.610. The van der Waals surface area contributed by atoms with Gasteiger partial charge >= 0.3 is 0 Å². The average molecular weight is 301 g/mol. The lowest BCUT2D eigenvalue weighted by Gasteiger charge is -2.32. The minimum atomic E-state index is -0.183. The molecule has 1 aromatic carbocycles. The van der Waals surface area contributed by atoms with E-state index in [-0.39, 0.29) is 5.82 Å². The predicted octanol–water partition coefficient (Wildman–Crippen LogP) is 3.48. The smallest absolute Gasteiger partial charge is 0.147 e. The number of hydrogen-bond acceptors (Lipinski definition) is 2. The molecule has 1 heterocycles. The minimum Gasteiger partial charge on any atom is -0.379 e. The second kappa shape index (κ2) is 5.83. The summed E-state index contributed by atoms with van der Waals surface area (Å²) in [6.45, 7) is 5.48. The van der Waals surface area contributed by atoms with Gasteiger partial charge in [0.15, 0.2) is 0 Å². The summed E-state index contributed by atoms with van der Waals surface area (Å²) in [6.07, 6.45) is 2.16. The molecule has 2 rings (SSSR count). The number of para-hydroxylation sites is 1. The fourth-order valence-corrected chi connectivity index (χ4v) is 2.69. The maximum absolute atomic E-state index is 13.6. The van der Waals surface area contributed by atoms with Crippen LogP contribution in [-0.4, -0.2) is 30.6 Å². The number of anilines is 1. The number of halogens is 2. The highest BCUT2D eigenvalue weighted by molar-refractivity contribution is 9.10. The summed E-state index contributed by atoms with van der Waals surface area (Å²) in [5, 5.41) is 3.31. The van der Waals surface area contributed by atoms with Gasteiger partial charge in [-0.25, -0.2) is 4.39 Å². The van der Waals surface area contributed by atoms with E-state index in [9.17, 15) is 4.39 Å². The van der Waals surface area contributed by atoms with Crippen molar-refractivity contribution in [3.63, 3.8) is 0 Å². The number of nitrogens with one attached hydrogen (secondary N) is 1. The fraction of sp³-hybridized carbons (Fsp3) is 0.538. The summed E-state index contributed by atoms with van der Waals surface area (Å²) in [6, 6.07) is 5.46. The number of nitrogens with zero attached hydrogens (tertiary/aromatic N) is 1. The predicted molar refractivity (Wildman–Crippen MR) is 72.9 cm³/mol. The molecule has 1 saturated heterocycles. The van der Waals surface area contributed by atoms with E-state index in [4.69, 9.17) is 0 Å². The molecule has 0 bridgehead atoms. The van der Waals surface area contributed by atoms with Crippen LogP contribution in [0.2, 0.25) is 0 Å². The molecule has 0 saturated carbocycles. The van der Waals surface area contributed by atoms with Crippen LogP contribution < -0.4 is 5.32 Å². The van der Waals surface area contributed by atoms with Gasteiger partial charge in [0.2, 0.25) is 0 Å². The third-order valence-electron chi connectivity index (χ3n) is 3.35. The van der Waals surface area contributed by atoms with Crippen LogP contribution in [0.1, 0.15) is 19.8 Å². The van der Waals surface area contributed by atoms with Gasteiger partial charge in [0.05, 0.1) is 5.69 Å². The zero-order chi connectivity index (χ0) is 12.3. The molecule has 2 nitrogen and oxygen atoms in total. The molecule has 0 spiro atoms. The molecule has 0 atom stereocenters. The van der Waals surface area contributed by atoms with E-state index in [1.807, 2.05) is 6.07 Å². The van der Waals surface area contributed by atoms with E-state index in [1.165, 1.54) is 6.07 Å². The molecule has 0 amide bonds. The molecule has 1 aliphatic heterocycles. The highest BCUT2D eigenvalue weighted by atomic mass is 79.9. The Labute approximate surface area is 110 Å². The first-order valence-corrected chi connectivity index (χ1v) is 6.93. The molecule has 1 fully saturated rings. The summed E-state index contributed by atoms with van der Waals surface area (Å²) >= 11 is 3.39. The zero-order valence-electron chi connectivity index (χ0n) is 10.0. The number of benzene rings is 1.